The molecule has 40 heavy (non-hydrogen) atoms. The van der Waals surface area contributed by atoms with Crippen LogP contribution in [0.4, 0.5) is 17.6 Å². The highest BCUT2D eigenvalue weighted by atomic mass is 32.2. The van der Waals surface area contributed by atoms with Crippen LogP contribution in [0.1, 0.15) is 29.5 Å². The Labute approximate surface area is 227 Å². The molecular weight excluding hydrogens is 552 g/mol. The van der Waals surface area contributed by atoms with Gasteiger partial charge in [0.2, 0.25) is 11.0 Å². The molecule has 2 heterocycles. The van der Waals surface area contributed by atoms with Crippen molar-refractivity contribution in [2.24, 2.45) is 0 Å². The Balaban J connectivity index is 1.21. The van der Waals surface area contributed by atoms with E-state index >= 15 is 0 Å². The van der Waals surface area contributed by atoms with Crippen molar-refractivity contribution in [2.45, 2.75) is 43.3 Å². The number of rotatable bonds is 8. The summed E-state index contributed by atoms with van der Waals surface area (Å²) in [6.07, 6.45) is -3.63. The molecule has 4 aromatic rings. The van der Waals surface area contributed by atoms with Gasteiger partial charge in [0.05, 0.1) is 5.56 Å². The lowest BCUT2D eigenvalue weighted by molar-refractivity contribution is -0.137. The number of alkyl halides is 3. The molecule has 0 radical (unpaired) electrons. The third-order valence-corrected chi connectivity index (χ3v) is 8.36. The Bertz CT molecular complexity index is 1630. The maximum atomic E-state index is 14.0. The van der Waals surface area contributed by atoms with Crippen LogP contribution >= 0.6 is 0 Å². The molecule has 0 unspecified atom stereocenters. The Kier molecular flexibility index (Phi) is 7.56. The second kappa shape index (κ2) is 10.9. The fourth-order valence-electron chi connectivity index (χ4n) is 4.55. The first-order valence-electron chi connectivity index (χ1n) is 12.4. The molecule has 1 atom stereocenters. The van der Waals surface area contributed by atoms with Gasteiger partial charge in [-0.3, -0.25) is 4.79 Å². The lowest BCUT2D eigenvalue weighted by atomic mass is 10.1. The molecule has 0 spiro atoms. The average molecular weight is 577 g/mol. The normalized spacial score (nSPS) is 16.4. The predicted octanol–water partition coefficient (Wildman–Crippen LogP) is 5.64. The number of para-hydroxylation sites is 1. The first-order chi connectivity index (χ1) is 19.0. The molecule has 1 saturated heterocycles. The zero-order valence-corrected chi connectivity index (χ0v) is 21.8. The number of hydrogen-bond donors (Lipinski definition) is 1. The molecule has 5 rings (SSSR count). The van der Waals surface area contributed by atoms with Gasteiger partial charge in [-0.05, 0) is 54.3 Å². The Morgan fingerprint density at radius 3 is 2.50 bits per heavy atom. The molecule has 7 nitrogen and oxygen atoms in total. The van der Waals surface area contributed by atoms with Crippen LogP contribution in [0, 0.1) is 5.82 Å². The molecule has 1 N–H and O–H groups in total. The van der Waals surface area contributed by atoms with E-state index in [0.717, 1.165) is 16.4 Å². The van der Waals surface area contributed by atoms with Gasteiger partial charge in [0.25, 0.3) is 10.0 Å². The van der Waals surface area contributed by atoms with Crippen molar-refractivity contribution >= 4 is 26.9 Å². The fourth-order valence-corrected chi connectivity index (χ4v) is 6.15. The van der Waals surface area contributed by atoms with Gasteiger partial charge in [0.15, 0.2) is 11.4 Å². The number of sulfonamides is 1. The number of ether oxygens (including phenoxy) is 1. The topological polar surface area (TPSA) is 88.9 Å². The second-order valence-corrected chi connectivity index (χ2v) is 11.2. The lowest BCUT2D eigenvalue weighted by Gasteiger charge is -2.22. The van der Waals surface area contributed by atoms with Crippen molar-refractivity contribution in [1.29, 1.82) is 0 Å². The number of fused-ring (bicyclic) bond motifs is 1. The highest BCUT2D eigenvalue weighted by molar-refractivity contribution is 7.89. The molecule has 12 heteroatoms. The van der Waals surface area contributed by atoms with Gasteiger partial charge in [0, 0.05) is 24.5 Å². The minimum Gasteiger partial charge on any atom is -0.489 e. The summed E-state index contributed by atoms with van der Waals surface area (Å²) in [7, 11) is -4.19. The zero-order chi connectivity index (χ0) is 28.5. The smallest absolute Gasteiger partial charge is 0.416 e. The van der Waals surface area contributed by atoms with Gasteiger partial charge in [-0.1, -0.05) is 36.4 Å². The van der Waals surface area contributed by atoms with Gasteiger partial charge >= 0.3 is 6.18 Å². The summed E-state index contributed by atoms with van der Waals surface area (Å²) in [5, 5.41) is 2.63. The van der Waals surface area contributed by atoms with Crippen molar-refractivity contribution in [3.63, 3.8) is 0 Å². The Morgan fingerprint density at radius 2 is 1.77 bits per heavy atom. The number of amides is 1. The minimum atomic E-state index is -4.41. The van der Waals surface area contributed by atoms with E-state index in [0.29, 0.717) is 35.1 Å². The van der Waals surface area contributed by atoms with E-state index in [-0.39, 0.29) is 25.3 Å². The van der Waals surface area contributed by atoms with Gasteiger partial charge in [-0.15, -0.1) is 0 Å². The number of carbonyl (C=O) groups is 1. The molecule has 1 aromatic heterocycles. The monoisotopic (exact) mass is 576 g/mol. The molecule has 0 aliphatic carbocycles. The van der Waals surface area contributed by atoms with Crippen LogP contribution in [-0.4, -0.2) is 31.2 Å². The van der Waals surface area contributed by atoms with Gasteiger partial charge in [0.1, 0.15) is 18.4 Å². The lowest BCUT2D eigenvalue weighted by Crippen LogP contribution is -2.45. The standard InChI is InChI=1S/C28H24F4N2O5S/c29-23-7-2-5-20-15-25(39-26(20)23)40(36,37)34-13-3-8-24(34)27(35)33-16-19-4-1-6-22(14-19)38-17-18-9-11-21(12-10-18)28(30,31)32/h1-2,4-7,9-12,14-15,24H,3,8,13,16-17H2,(H,33,35)/t24-/m0/s1. The second-order valence-electron chi connectivity index (χ2n) is 9.35. The van der Waals surface area contributed by atoms with Crippen molar-refractivity contribution in [3.05, 3.63) is 95.3 Å². The van der Waals surface area contributed by atoms with Crippen LogP contribution in [0.15, 0.2) is 82.3 Å². The molecule has 0 bridgehead atoms. The summed E-state index contributed by atoms with van der Waals surface area (Å²) in [6, 6.07) is 15.9. The molecule has 1 fully saturated rings. The quantitative estimate of drug-likeness (QED) is 0.275. The molecule has 3 aromatic carbocycles. The van der Waals surface area contributed by atoms with E-state index in [1.54, 1.807) is 24.3 Å². The highest BCUT2D eigenvalue weighted by Crippen LogP contribution is 2.32. The molecule has 1 aliphatic heterocycles. The highest BCUT2D eigenvalue weighted by Gasteiger charge is 2.41. The van der Waals surface area contributed by atoms with Crippen LogP contribution in [0.25, 0.3) is 11.0 Å². The van der Waals surface area contributed by atoms with Crippen LogP contribution in [0.2, 0.25) is 0 Å². The molecule has 1 aliphatic rings. The molecule has 1 amide bonds. The van der Waals surface area contributed by atoms with Crippen molar-refractivity contribution in [2.75, 3.05) is 6.54 Å². The summed E-state index contributed by atoms with van der Waals surface area (Å²) in [4.78, 5) is 13.0. The summed E-state index contributed by atoms with van der Waals surface area (Å²) in [6.45, 7) is 0.262. The summed E-state index contributed by atoms with van der Waals surface area (Å²) in [5.74, 6) is -0.714. The maximum Gasteiger partial charge on any atom is 0.416 e. The van der Waals surface area contributed by atoms with Gasteiger partial charge < -0.3 is 14.5 Å². The maximum absolute atomic E-state index is 14.0. The number of carbonyl (C=O) groups excluding carboxylic acids is 1. The summed E-state index contributed by atoms with van der Waals surface area (Å²) in [5.41, 5.74) is 0.329. The van der Waals surface area contributed by atoms with Crippen molar-refractivity contribution < 1.29 is 39.9 Å². The van der Waals surface area contributed by atoms with E-state index in [9.17, 15) is 30.8 Å². The average Bonchev–Trinajstić information content (AvgIpc) is 3.60. The Hall–Kier alpha value is -3.90. The Morgan fingerprint density at radius 1 is 1.02 bits per heavy atom. The predicted molar refractivity (Wildman–Crippen MR) is 137 cm³/mol. The minimum absolute atomic E-state index is 0.0501. The van der Waals surface area contributed by atoms with E-state index in [1.807, 2.05) is 0 Å². The third-order valence-electron chi connectivity index (χ3n) is 6.59. The van der Waals surface area contributed by atoms with Crippen LogP contribution in [0.3, 0.4) is 0 Å². The van der Waals surface area contributed by atoms with Crippen molar-refractivity contribution in [3.8, 4) is 5.75 Å². The number of nitrogens with one attached hydrogen (secondary N) is 1. The number of nitrogens with zero attached hydrogens (tertiary/aromatic N) is 1. The van der Waals surface area contributed by atoms with Crippen LogP contribution in [-0.2, 0) is 34.1 Å². The molecular formula is C28H24F4N2O5S. The molecule has 210 valence electrons. The van der Waals surface area contributed by atoms with E-state index in [1.165, 1.54) is 36.4 Å². The number of halogens is 4. The van der Waals surface area contributed by atoms with E-state index in [2.05, 4.69) is 5.32 Å². The summed E-state index contributed by atoms with van der Waals surface area (Å²) < 4.78 is 90.9. The van der Waals surface area contributed by atoms with E-state index < -0.39 is 44.6 Å². The van der Waals surface area contributed by atoms with Crippen molar-refractivity contribution in [1.82, 2.24) is 9.62 Å². The zero-order valence-electron chi connectivity index (χ0n) is 20.9. The SMILES string of the molecule is O=C(NCc1cccc(OCc2ccc(C(F)(F)F)cc2)c1)[C@@H]1CCCN1S(=O)(=O)c1cc2cccc(F)c2o1. The summed E-state index contributed by atoms with van der Waals surface area (Å²) >= 11 is 0. The van der Waals surface area contributed by atoms with Gasteiger partial charge in [-0.2, -0.15) is 17.5 Å². The molecule has 0 saturated carbocycles. The van der Waals surface area contributed by atoms with E-state index in [4.69, 9.17) is 9.15 Å². The number of furan rings is 1. The fraction of sp³-hybridized carbons (Fsp3) is 0.250. The largest absolute Gasteiger partial charge is 0.489 e. The number of hydrogen-bond acceptors (Lipinski definition) is 5. The van der Waals surface area contributed by atoms with Crippen LogP contribution in [0.5, 0.6) is 5.75 Å². The number of benzene rings is 3. The van der Waals surface area contributed by atoms with Gasteiger partial charge in [-0.25, -0.2) is 12.8 Å². The third kappa shape index (κ3) is 5.82. The first kappa shape index (κ1) is 27.7. The van der Waals surface area contributed by atoms with Crippen LogP contribution < -0.4 is 10.1 Å². The first-order valence-corrected chi connectivity index (χ1v) is 13.8.